The van der Waals surface area contributed by atoms with Crippen LogP contribution in [0.2, 0.25) is 0 Å². The maximum Gasteiger partial charge on any atom is 0.114 e. The molecule has 0 aliphatic heterocycles. The fourth-order valence-electron chi connectivity index (χ4n) is 0.228. The van der Waals surface area contributed by atoms with Gasteiger partial charge in [0.05, 0.1) is 2.41 Å². The number of hydrogen-bond acceptors (Lipinski definition) is 1. The van der Waals surface area contributed by atoms with Crippen LogP contribution in [0.25, 0.3) is 0 Å². The van der Waals surface area contributed by atoms with Gasteiger partial charge in [-0.2, -0.15) is 0 Å². The second-order valence-electron chi connectivity index (χ2n) is 1.57. The fourth-order valence-corrected chi connectivity index (χ4v) is 62.4. The minimum atomic E-state index is -0.255. The molecule has 0 amide bonds. The lowest BCUT2D eigenvalue weighted by Gasteiger charge is -1.79. The SMILES string of the molecule is [2H]S(=S=S=S=S=S=S=S=S=S=S=S=S=S=S=S=S=S=S=S=S)P(I)I. The van der Waals surface area contributed by atoms with E-state index >= 15 is 0 Å². The summed E-state index contributed by atoms with van der Waals surface area (Å²) in [6.07, 6.45) is 0. The maximum absolute atomic E-state index is 7.85. The van der Waals surface area contributed by atoms with Crippen molar-refractivity contribution in [2.45, 2.75) is 0 Å². The van der Waals surface area contributed by atoms with Crippen LogP contribution in [0.3, 0.4) is 0 Å². The number of rotatable bonds is 1. The van der Waals surface area contributed by atoms with E-state index < -0.39 is 0 Å². The first-order chi connectivity index (χ1) is 12.2. The molecular weight excluding hydrogens is 958 g/mol. The van der Waals surface area contributed by atoms with Gasteiger partial charge in [-0.15, -0.1) is 0 Å². The standard InChI is InChI=1S/HI2PS21/c1-3(2)5-7-9-11-13-15-17-19-21-23-24-22-20-18-16-14-12-10-8-6-4/h5H/i5D. The summed E-state index contributed by atoms with van der Waals surface area (Å²) in [5, 5.41) is 0. The van der Waals surface area contributed by atoms with Crippen molar-refractivity contribution in [2.24, 2.45) is 0 Å². The predicted molar refractivity (Wildman–Crippen MR) is 191 cm³/mol. The van der Waals surface area contributed by atoms with E-state index in [9.17, 15) is 0 Å². The Bertz CT molecular complexity index is 1260. The van der Waals surface area contributed by atoms with Gasteiger partial charge in [0.2, 0.25) is 0 Å². The van der Waals surface area contributed by atoms with E-state index in [0.29, 0.717) is 0 Å². The fraction of sp³-hybridized carbons (Fsp3) is 0. The topological polar surface area (TPSA) is 0 Å². The Labute approximate surface area is 231 Å². The minimum absolute atomic E-state index is 0.192. The summed E-state index contributed by atoms with van der Waals surface area (Å²) < 4.78 is 7.65. The maximum atomic E-state index is 7.85. The second-order valence-corrected chi connectivity index (χ2v) is 53.9. The molecule has 24 heteroatoms. The van der Waals surface area contributed by atoms with Gasteiger partial charge in [0, 0.05) is 100.0 Å². The highest BCUT2D eigenvalue weighted by molar-refractivity contribution is 14.3. The van der Waals surface area contributed by atoms with Crippen molar-refractivity contribution >= 4 is 236 Å². The monoisotopic (exact) mass is 958 g/mol. The van der Waals surface area contributed by atoms with Gasteiger partial charge in [-0.1, -0.05) is 9.84 Å². The third kappa shape index (κ3) is 28.6. The Morgan fingerprint density at radius 1 is 0.583 bits per heavy atom. The first kappa shape index (κ1) is 28.7. The Morgan fingerprint density at radius 3 is 1.17 bits per heavy atom. The van der Waals surface area contributed by atoms with Crippen molar-refractivity contribution in [1.82, 2.24) is 0 Å². The van der Waals surface area contributed by atoms with Gasteiger partial charge in [-0.05, 0) is 124 Å². The van der Waals surface area contributed by atoms with E-state index in [1.165, 1.54) is 8.88 Å². The van der Waals surface area contributed by atoms with E-state index in [2.05, 4.69) is 44.1 Å². The summed E-state index contributed by atoms with van der Waals surface area (Å²) in [6, 6.07) is 0. The molecule has 1 atom stereocenters. The average molecular weight is 960 g/mol. The molecule has 0 heterocycles. The molecule has 0 bridgehead atoms. The molecule has 0 nitrogen and oxygen atoms in total. The van der Waals surface area contributed by atoms with Crippen molar-refractivity contribution in [2.75, 3.05) is 0 Å². The Morgan fingerprint density at radius 2 is 0.875 bits per heavy atom. The molecule has 0 rings (SSSR count). The van der Waals surface area contributed by atoms with Gasteiger partial charge in [-0.25, -0.2) is 0 Å². The largest absolute Gasteiger partial charge is 0.114 e. The Hall–Kier alpha value is 6.64. The van der Waals surface area contributed by atoms with E-state index in [-0.39, 0.29) is 12.3 Å². The molecule has 0 N–H and O–H groups in total. The van der Waals surface area contributed by atoms with Crippen LogP contribution in [0.4, 0.5) is 0 Å². The van der Waals surface area contributed by atoms with Crippen molar-refractivity contribution in [3.05, 3.63) is 0 Å². The third-order valence-corrected chi connectivity index (χ3v) is 53.2. The molecule has 0 aromatic carbocycles. The summed E-state index contributed by atoms with van der Waals surface area (Å²) in [6.45, 7) is 0. The van der Waals surface area contributed by atoms with Crippen LogP contribution in [0, 0.1) is 0 Å². The van der Waals surface area contributed by atoms with Crippen LogP contribution in [0.1, 0.15) is 0 Å². The van der Waals surface area contributed by atoms with Gasteiger partial charge >= 0.3 is 0 Å². The van der Waals surface area contributed by atoms with Crippen molar-refractivity contribution in [3.63, 3.8) is 0 Å². The van der Waals surface area contributed by atoms with E-state index in [1.807, 2.05) is 0 Å². The molecule has 0 aromatic heterocycles. The van der Waals surface area contributed by atoms with Crippen LogP contribution in [0.15, 0.2) is 0 Å². The highest BCUT2D eigenvalue weighted by Gasteiger charge is 1.81. The quantitative estimate of drug-likeness (QED) is 0.240. The van der Waals surface area contributed by atoms with Gasteiger partial charge < -0.3 is 0 Å². The highest BCUT2D eigenvalue weighted by Crippen LogP contribution is 2.52. The normalized spacial score (nSPS) is 10.2. The van der Waals surface area contributed by atoms with Gasteiger partial charge in [0.25, 0.3) is 0 Å². The second kappa shape index (κ2) is 27.7. The van der Waals surface area contributed by atoms with Crippen molar-refractivity contribution in [3.8, 4) is 0 Å². The third-order valence-electron chi connectivity index (χ3n) is 0.587. The molecule has 24 heavy (non-hydrogen) atoms. The zero-order chi connectivity index (χ0) is 18.6. The molecule has 0 aromatic rings. The summed E-state index contributed by atoms with van der Waals surface area (Å²) >= 11 is 9.51. The summed E-state index contributed by atoms with van der Waals surface area (Å²) in [5.74, 6) is 0. The molecule has 0 spiro atoms. The van der Waals surface area contributed by atoms with Gasteiger partial charge in [0.1, 0.15) is 1.12 Å². The first-order valence-corrected chi connectivity index (χ1v) is 38.4. The van der Waals surface area contributed by atoms with Crippen LogP contribution >= 0.6 is 46.5 Å². The zero-order valence-corrected chi connectivity index (χ0v) is 32.1. The molecule has 0 saturated heterocycles. The lowest BCUT2D eigenvalue weighted by Crippen LogP contribution is -1.41. The zero-order valence-electron chi connectivity index (χ0n) is 10.8. The van der Waals surface area contributed by atoms with Crippen LogP contribution < -0.4 is 0 Å². The molecule has 0 fully saturated rings. The molecule has 0 aliphatic carbocycles. The molecule has 0 aliphatic rings. The van der Waals surface area contributed by atoms with Crippen molar-refractivity contribution < 1.29 is 0 Å². The Kier molecular flexibility index (Phi) is 33.1. The average Bonchev–Trinajstić information content (AvgIpc) is 2.60. The summed E-state index contributed by atoms with van der Waals surface area (Å²) in [7, 11) is 32.9. The Balaban J connectivity index is 5.81. The van der Waals surface area contributed by atoms with Crippen LogP contribution in [0.5, 0.6) is 0 Å². The lowest BCUT2D eigenvalue weighted by molar-refractivity contribution is 5.79. The summed E-state index contributed by atoms with van der Waals surface area (Å²) in [4.78, 5) is 0. The van der Waals surface area contributed by atoms with E-state index in [1.54, 1.807) is 160 Å². The summed E-state index contributed by atoms with van der Waals surface area (Å²) in [5.41, 5.74) is 0. The first-order valence-electron chi connectivity index (χ1n) is 4.26. The molecule has 0 radical (unpaired) electrons. The smallest absolute Gasteiger partial charge is 0.0917 e. The van der Waals surface area contributed by atoms with Crippen LogP contribution in [-0.4, -0.2) is 1.12 Å². The van der Waals surface area contributed by atoms with Gasteiger partial charge in [0.15, 0.2) is 0 Å². The molecule has 0 saturated carbocycles. The highest BCUT2D eigenvalue weighted by atomic mass is 127. The molecule has 146 valence electrons. The molecular formula is HI2PS21. The molecule has 1 unspecified atom stereocenters. The number of hydrogen-bond donors (Lipinski definition) is 1. The minimum Gasteiger partial charge on any atom is -0.0917 e. The number of halogens is 2. The van der Waals surface area contributed by atoms with E-state index in [4.69, 9.17) is 12.3 Å². The predicted octanol–water partition coefficient (Wildman–Crippen LogP) is 2.31. The van der Waals surface area contributed by atoms with Crippen molar-refractivity contribution in [1.29, 1.82) is 1.12 Å². The number of thiol groups is 1. The van der Waals surface area contributed by atoms with Gasteiger partial charge in [-0.3, -0.25) is 0 Å². The van der Waals surface area contributed by atoms with Crippen LogP contribution in [-0.2, 0) is 190 Å². The lowest BCUT2D eigenvalue weighted by atomic mass is 30.3. The van der Waals surface area contributed by atoms with E-state index in [0.717, 1.165) is 0 Å².